The summed E-state index contributed by atoms with van der Waals surface area (Å²) < 4.78 is 6.24. The molecule has 1 heterocycles. The lowest BCUT2D eigenvalue weighted by molar-refractivity contribution is 0.444. The van der Waals surface area contributed by atoms with E-state index >= 15 is 0 Å². The monoisotopic (exact) mass is 319 g/mol. The van der Waals surface area contributed by atoms with Crippen molar-refractivity contribution in [2.24, 2.45) is 0 Å². The Kier molecular flexibility index (Phi) is 5.47. The highest BCUT2D eigenvalue weighted by molar-refractivity contribution is 5.76. The van der Waals surface area contributed by atoms with Gasteiger partial charge >= 0.3 is 0 Å². The van der Waals surface area contributed by atoms with Crippen LogP contribution in [0.3, 0.4) is 0 Å². The van der Waals surface area contributed by atoms with E-state index in [1.165, 1.54) is 19.3 Å². The molecule has 0 fully saturated rings. The minimum atomic E-state index is 0.344. The molecule has 0 bridgehead atoms. The Labute approximate surface area is 144 Å². The van der Waals surface area contributed by atoms with Crippen molar-refractivity contribution in [1.29, 1.82) is 0 Å². The van der Waals surface area contributed by atoms with Gasteiger partial charge in [0.2, 0.25) is 0 Å². The number of nitrogens with zero attached hydrogens (tertiary/aromatic N) is 1. The predicted octanol–water partition coefficient (Wildman–Crippen LogP) is 6.69. The summed E-state index contributed by atoms with van der Waals surface area (Å²) in [4.78, 5) is 4.87. The second kappa shape index (κ2) is 7.96. The molecule has 24 heavy (non-hydrogen) atoms. The van der Waals surface area contributed by atoms with Gasteiger partial charge in [-0.15, -0.1) is 0 Å². The van der Waals surface area contributed by atoms with Gasteiger partial charge in [-0.25, -0.2) is 4.98 Å². The first-order valence-electron chi connectivity index (χ1n) is 8.91. The summed E-state index contributed by atoms with van der Waals surface area (Å²) in [5.74, 6) is 2.07. The van der Waals surface area contributed by atoms with E-state index in [9.17, 15) is 0 Å². The zero-order valence-corrected chi connectivity index (χ0v) is 14.5. The van der Waals surface area contributed by atoms with E-state index in [0.717, 1.165) is 34.9 Å². The van der Waals surface area contributed by atoms with E-state index in [1.807, 2.05) is 36.4 Å². The quantitative estimate of drug-likeness (QED) is 0.453. The fourth-order valence-corrected chi connectivity index (χ4v) is 2.95. The van der Waals surface area contributed by atoms with Gasteiger partial charge in [0.05, 0.1) is 0 Å². The second-order valence-electron chi connectivity index (χ2n) is 6.36. The molecule has 0 radical (unpaired) electrons. The van der Waals surface area contributed by atoms with E-state index in [2.05, 4.69) is 38.1 Å². The van der Waals surface area contributed by atoms with Crippen molar-refractivity contribution in [3.63, 3.8) is 0 Å². The highest BCUT2D eigenvalue weighted by Gasteiger charge is 2.20. The van der Waals surface area contributed by atoms with Crippen LogP contribution in [-0.4, -0.2) is 4.98 Å². The SMILES string of the molecule is CCCCCC(C)c1nc(-c2ccccc2)c(-c2ccccc2)o1. The number of hydrogen-bond acceptors (Lipinski definition) is 2. The van der Waals surface area contributed by atoms with Gasteiger partial charge in [0.15, 0.2) is 11.7 Å². The average Bonchev–Trinajstić information content (AvgIpc) is 3.09. The van der Waals surface area contributed by atoms with Gasteiger partial charge in [0.25, 0.3) is 0 Å². The number of oxazole rings is 1. The van der Waals surface area contributed by atoms with Crippen molar-refractivity contribution in [3.8, 4) is 22.6 Å². The highest BCUT2D eigenvalue weighted by atomic mass is 16.4. The summed E-state index contributed by atoms with van der Waals surface area (Å²) >= 11 is 0. The van der Waals surface area contributed by atoms with Crippen LogP contribution in [0, 0.1) is 0 Å². The maximum absolute atomic E-state index is 6.24. The molecule has 2 heteroatoms. The summed E-state index contributed by atoms with van der Waals surface area (Å²) in [7, 11) is 0. The Hall–Kier alpha value is -2.35. The van der Waals surface area contributed by atoms with Crippen LogP contribution in [0.5, 0.6) is 0 Å². The molecule has 0 saturated heterocycles. The van der Waals surface area contributed by atoms with Gasteiger partial charge in [-0.2, -0.15) is 0 Å². The smallest absolute Gasteiger partial charge is 0.198 e. The third-order valence-electron chi connectivity index (χ3n) is 4.39. The van der Waals surface area contributed by atoms with Crippen LogP contribution in [-0.2, 0) is 0 Å². The zero-order chi connectivity index (χ0) is 16.8. The summed E-state index contributed by atoms with van der Waals surface area (Å²) in [6.07, 6.45) is 4.85. The molecular formula is C22H25NO. The maximum Gasteiger partial charge on any atom is 0.198 e. The molecule has 3 aromatic rings. The number of hydrogen-bond donors (Lipinski definition) is 0. The molecule has 124 valence electrons. The van der Waals surface area contributed by atoms with E-state index in [1.54, 1.807) is 0 Å². The second-order valence-corrected chi connectivity index (χ2v) is 6.36. The lowest BCUT2D eigenvalue weighted by Crippen LogP contribution is -1.94. The number of benzene rings is 2. The lowest BCUT2D eigenvalue weighted by Gasteiger charge is -2.05. The van der Waals surface area contributed by atoms with E-state index in [4.69, 9.17) is 9.40 Å². The Morgan fingerprint density at radius 1 is 0.875 bits per heavy atom. The first-order chi connectivity index (χ1) is 11.8. The molecule has 3 rings (SSSR count). The molecule has 0 aliphatic carbocycles. The predicted molar refractivity (Wildman–Crippen MR) is 99.9 cm³/mol. The zero-order valence-electron chi connectivity index (χ0n) is 14.5. The molecule has 0 aliphatic heterocycles. The van der Waals surface area contributed by atoms with Crippen molar-refractivity contribution in [1.82, 2.24) is 4.98 Å². The molecule has 0 saturated carbocycles. The van der Waals surface area contributed by atoms with Crippen LogP contribution in [0.4, 0.5) is 0 Å². The minimum absolute atomic E-state index is 0.344. The van der Waals surface area contributed by atoms with Gasteiger partial charge in [0, 0.05) is 17.0 Å². The average molecular weight is 319 g/mol. The Balaban J connectivity index is 1.97. The highest BCUT2D eigenvalue weighted by Crippen LogP contribution is 2.35. The number of aromatic nitrogens is 1. The number of unbranched alkanes of at least 4 members (excludes halogenated alkanes) is 2. The first kappa shape index (κ1) is 16.5. The number of rotatable bonds is 7. The van der Waals surface area contributed by atoms with Gasteiger partial charge < -0.3 is 4.42 Å². The van der Waals surface area contributed by atoms with Crippen molar-refractivity contribution < 1.29 is 4.42 Å². The maximum atomic E-state index is 6.24. The molecule has 0 amide bonds. The van der Waals surface area contributed by atoms with Crippen LogP contribution in [0.15, 0.2) is 65.1 Å². The summed E-state index contributed by atoms with van der Waals surface area (Å²) in [6, 6.07) is 20.6. The van der Waals surface area contributed by atoms with Crippen LogP contribution >= 0.6 is 0 Å². The molecule has 1 unspecified atom stereocenters. The largest absolute Gasteiger partial charge is 0.440 e. The molecule has 2 aromatic carbocycles. The summed E-state index contributed by atoms with van der Waals surface area (Å²) in [6.45, 7) is 4.45. The fraction of sp³-hybridized carbons (Fsp3) is 0.318. The van der Waals surface area contributed by atoms with Crippen LogP contribution in [0.25, 0.3) is 22.6 Å². The third-order valence-corrected chi connectivity index (χ3v) is 4.39. The van der Waals surface area contributed by atoms with E-state index in [-0.39, 0.29) is 0 Å². The standard InChI is InChI=1S/C22H25NO/c1-3-4-7-12-17(2)22-23-20(18-13-8-5-9-14-18)21(24-22)19-15-10-6-11-16-19/h5-6,8-11,13-17H,3-4,7,12H2,1-2H3. The lowest BCUT2D eigenvalue weighted by atomic mass is 10.0. The Morgan fingerprint density at radius 3 is 2.12 bits per heavy atom. The third kappa shape index (κ3) is 3.76. The molecule has 1 aromatic heterocycles. The minimum Gasteiger partial charge on any atom is -0.440 e. The van der Waals surface area contributed by atoms with Crippen LogP contribution in [0.1, 0.15) is 51.3 Å². The summed E-state index contributed by atoms with van der Waals surface area (Å²) in [5, 5.41) is 0. The molecular weight excluding hydrogens is 294 g/mol. The molecule has 0 N–H and O–H groups in total. The van der Waals surface area contributed by atoms with Gasteiger partial charge in [-0.05, 0) is 6.42 Å². The Bertz CT molecular complexity index is 689. The van der Waals surface area contributed by atoms with Crippen molar-refractivity contribution in [2.75, 3.05) is 0 Å². The van der Waals surface area contributed by atoms with Crippen LogP contribution < -0.4 is 0 Å². The van der Waals surface area contributed by atoms with E-state index in [0.29, 0.717) is 5.92 Å². The van der Waals surface area contributed by atoms with Gasteiger partial charge in [0.1, 0.15) is 5.69 Å². The topological polar surface area (TPSA) is 26.0 Å². The van der Waals surface area contributed by atoms with Crippen LogP contribution in [0.2, 0.25) is 0 Å². The molecule has 0 spiro atoms. The van der Waals surface area contributed by atoms with E-state index < -0.39 is 0 Å². The van der Waals surface area contributed by atoms with Crippen molar-refractivity contribution in [2.45, 2.75) is 45.4 Å². The van der Waals surface area contributed by atoms with Crippen molar-refractivity contribution >= 4 is 0 Å². The molecule has 2 nitrogen and oxygen atoms in total. The molecule has 1 atom stereocenters. The van der Waals surface area contributed by atoms with Crippen molar-refractivity contribution in [3.05, 3.63) is 66.6 Å². The fourth-order valence-electron chi connectivity index (χ4n) is 2.95. The first-order valence-corrected chi connectivity index (χ1v) is 8.91. The Morgan fingerprint density at radius 2 is 1.50 bits per heavy atom. The van der Waals surface area contributed by atoms with Gasteiger partial charge in [-0.1, -0.05) is 93.8 Å². The van der Waals surface area contributed by atoms with Gasteiger partial charge in [-0.3, -0.25) is 0 Å². The molecule has 0 aliphatic rings. The summed E-state index contributed by atoms with van der Waals surface area (Å²) in [5.41, 5.74) is 3.13. The normalized spacial score (nSPS) is 12.2.